The summed E-state index contributed by atoms with van der Waals surface area (Å²) < 4.78 is 5.28. The zero-order valence-corrected chi connectivity index (χ0v) is 14.4. The molecule has 23 heavy (non-hydrogen) atoms. The molecule has 1 N–H and O–H groups in total. The van der Waals surface area contributed by atoms with Gasteiger partial charge in [-0.1, -0.05) is 31.3 Å². The minimum atomic E-state index is -0.120. The minimum absolute atomic E-state index is 0.120. The largest absolute Gasteiger partial charge is 0.342 e. The third-order valence-corrected chi connectivity index (χ3v) is 5.21. The third-order valence-electron chi connectivity index (χ3n) is 4.20. The quantitative estimate of drug-likeness (QED) is 0.906. The molecule has 0 radical (unpaired) electrons. The second-order valence-electron chi connectivity index (χ2n) is 5.93. The monoisotopic (exact) mass is 334 g/mol. The fourth-order valence-electron chi connectivity index (χ4n) is 2.99. The van der Waals surface area contributed by atoms with Crippen LogP contribution in [-0.2, 0) is 13.0 Å². The molecule has 1 aliphatic carbocycles. The number of nitrogens with one attached hydrogen (secondary N) is 1. The van der Waals surface area contributed by atoms with E-state index in [0.717, 1.165) is 35.8 Å². The van der Waals surface area contributed by atoms with E-state index in [1.54, 1.807) is 0 Å². The molecule has 2 aromatic rings. The van der Waals surface area contributed by atoms with E-state index in [2.05, 4.69) is 20.4 Å². The summed E-state index contributed by atoms with van der Waals surface area (Å²) in [6.07, 6.45) is 6.77. The van der Waals surface area contributed by atoms with Crippen LogP contribution < -0.4 is 5.32 Å². The predicted molar refractivity (Wildman–Crippen MR) is 87.5 cm³/mol. The average Bonchev–Trinajstić information content (AvgIpc) is 3.20. The Hall–Kier alpha value is -1.76. The van der Waals surface area contributed by atoms with Crippen molar-refractivity contribution in [2.75, 3.05) is 0 Å². The molecule has 3 rings (SSSR count). The van der Waals surface area contributed by atoms with Gasteiger partial charge in [0.15, 0.2) is 5.82 Å². The standard InChI is InChI=1S/C16H22N4O2S/c1-3-12-14(23-10(2)18-12)16(21)17-9-13-19-15(20-22-13)11-7-5-4-6-8-11/h11H,3-9H2,1-2H3,(H,17,21). The van der Waals surface area contributed by atoms with E-state index in [4.69, 9.17) is 4.52 Å². The topological polar surface area (TPSA) is 80.9 Å². The molecule has 0 aliphatic heterocycles. The first-order valence-corrected chi connectivity index (χ1v) is 9.06. The van der Waals surface area contributed by atoms with E-state index in [1.807, 2.05) is 13.8 Å². The van der Waals surface area contributed by atoms with Crippen molar-refractivity contribution >= 4 is 17.2 Å². The third kappa shape index (κ3) is 3.77. The lowest BCUT2D eigenvalue weighted by Gasteiger charge is -2.17. The van der Waals surface area contributed by atoms with Crippen molar-refractivity contribution < 1.29 is 9.32 Å². The molecule has 1 saturated carbocycles. The number of amides is 1. The van der Waals surface area contributed by atoms with Gasteiger partial charge in [0.1, 0.15) is 4.88 Å². The lowest BCUT2D eigenvalue weighted by Crippen LogP contribution is -2.23. The SMILES string of the molecule is CCc1nc(C)sc1C(=O)NCc1nc(C2CCCCC2)no1. The Balaban J connectivity index is 1.59. The zero-order valence-electron chi connectivity index (χ0n) is 13.6. The Bertz CT molecular complexity index is 673. The zero-order chi connectivity index (χ0) is 16.2. The molecule has 2 heterocycles. The van der Waals surface area contributed by atoms with Gasteiger partial charge < -0.3 is 9.84 Å². The lowest BCUT2D eigenvalue weighted by molar-refractivity contribution is 0.0949. The summed E-state index contributed by atoms with van der Waals surface area (Å²) in [5, 5.41) is 7.84. The predicted octanol–water partition coefficient (Wildman–Crippen LogP) is 3.37. The van der Waals surface area contributed by atoms with Crippen LogP contribution in [0.2, 0.25) is 0 Å². The maximum absolute atomic E-state index is 12.3. The van der Waals surface area contributed by atoms with Gasteiger partial charge in [-0.2, -0.15) is 4.98 Å². The molecule has 124 valence electrons. The van der Waals surface area contributed by atoms with Crippen molar-refractivity contribution in [2.24, 2.45) is 0 Å². The highest BCUT2D eigenvalue weighted by Crippen LogP contribution is 2.30. The molecule has 0 bridgehead atoms. The normalized spacial score (nSPS) is 15.7. The van der Waals surface area contributed by atoms with Crippen LogP contribution in [0.4, 0.5) is 0 Å². The van der Waals surface area contributed by atoms with E-state index < -0.39 is 0 Å². The van der Waals surface area contributed by atoms with Crippen molar-refractivity contribution in [3.05, 3.63) is 27.3 Å². The summed E-state index contributed by atoms with van der Waals surface area (Å²) in [4.78, 5) is 21.8. The first-order chi connectivity index (χ1) is 11.2. The number of thiazole rings is 1. The molecular formula is C16H22N4O2S. The minimum Gasteiger partial charge on any atom is -0.342 e. The first kappa shape index (κ1) is 16.1. The number of nitrogens with zero attached hydrogens (tertiary/aromatic N) is 3. The Kier molecular flexibility index (Phi) is 5.05. The molecule has 0 spiro atoms. The summed E-state index contributed by atoms with van der Waals surface area (Å²) in [6, 6.07) is 0. The Morgan fingerprint density at radius 3 is 2.83 bits per heavy atom. The molecule has 1 aliphatic rings. The van der Waals surface area contributed by atoms with Crippen molar-refractivity contribution in [2.45, 2.75) is 64.8 Å². The van der Waals surface area contributed by atoms with Gasteiger partial charge in [0, 0.05) is 5.92 Å². The van der Waals surface area contributed by atoms with Crippen LogP contribution in [-0.4, -0.2) is 21.0 Å². The van der Waals surface area contributed by atoms with Crippen molar-refractivity contribution in [3.8, 4) is 0 Å². The number of rotatable bonds is 5. The number of hydrogen-bond donors (Lipinski definition) is 1. The Morgan fingerprint density at radius 1 is 1.30 bits per heavy atom. The van der Waals surface area contributed by atoms with E-state index in [0.29, 0.717) is 16.7 Å². The smallest absolute Gasteiger partial charge is 0.263 e. The Labute approximate surface area is 139 Å². The van der Waals surface area contributed by atoms with Crippen LogP contribution >= 0.6 is 11.3 Å². The van der Waals surface area contributed by atoms with Crippen LogP contribution in [0, 0.1) is 6.92 Å². The van der Waals surface area contributed by atoms with E-state index in [9.17, 15) is 4.79 Å². The highest BCUT2D eigenvalue weighted by atomic mass is 32.1. The van der Waals surface area contributed by atoms with Crippen LogP contribution in [0.15, 0.2) is 4.52 Å². The highest BCUT2D eigenvalue weighted by Gasteiger charge is 2.21. The van der Waals surface area contributed by atoms with Gasteiger partial charge in [-0.15, -0.1) is 11.3 Å². The molecule has 1 amide bonds. The number of aryl methyl sites for hydroxylation is 2. The molecule has 7 heteroatoms. The van der Waals surface area contributed by atoms with Gasteiger partial charge >= 0.3 is 0 Å². The van der Waals surface area contributed by atoms with Crippen LogP contribution in [0.5, 0.6) is 0 Å². The van der Waals surface area contributed by atoms with Crippen LogP contribution in [0.1, 0.15) is 77.0 Å². The average molecular weight is 334 g/mol. The summed E-state index contributed by atoms with van der Waals surface area (Å²) in [5.74, 6) is 1.55. The van der Waals surface area contributed by atoms with Crippen molar-refractivity contribution in [1.29, 1.82) is 0 Å². The number of aromatic nitrogens is 3. The van der Waals surface area contributed by atoms with Gasteiger partial charge in [0.05, 0.1) is 17.2 Å². The first-order valence-electron chi connectivity index (χ1n) is 8.24. The summed E-state index contributed by atoms with van der Waals surface area (Å²) in [6.45, 7) is 4.17. The molecule has 0 atom stereocenters. The lowest BCUT2D eigenvalue weighted by atomic mass is 9.89. The van der Waals surface area contributed by atoms with E-state index in [1.165, 1.54) is 30.6 Å². The molecule has 2 aromatic heterocycles. The number of hydrogen-bond acceptors (Lipinski definition) is 6. The molecular weight excluding hydrogens is 312 g/mol. The Morgan fingerprint density at radius 2 is 2.09 bits per heavy atom. The van der Waals surface area contributed by atoms with Crippen molar-refractivity contribution in [1.82, 2.24) is 20.4 Å². The molecule has 0 aromatic carbocycles. The summed E-state index contributed by atoms with van der Waals surface area (Å²) >= 11 is 1.42. The molecule has 0 saturated heterocycles. The highest BCUT2D eigenvalue weighted by molar-refractivity contribution is 7.13. The van der Waals surface area contributed by atoms with E-state index in [-0.39, 0.29) is 12.5 Å². The molecule has 0 unspecified atom stereocenters. The number of carbonyl (C=O) groups excluding carboxylic acids is 1. The second-order valence-corrected chi connectivity index (χ2v) is 7.13. The van der Waals surface area contributed by atoms with Crippen LogP contribution in [0.25, 0.3) is 0 Å². The fourth-order valence-corrected chi connectivity index (χ4v) is 3.91. The van der Waals surface area contributed by atoms with Gasteiger partial charge in [-0.25, -0.2) is 4.98 Å². The fraction of sp³-hybridized carbons (Fsp3) is 0.625. The second kappa shape index (κ2) is 7.21. The van der Waals surface area contributed by atoms with Crippen molar-refractivity contribution in [3.63, 3.8) is 0 Å². The molecule has 1 fully saturated rings. The van der Waals surface area contributed by atoms with Gasteiger partial charge in [0.2, 0.25) is 5.89 Å². The maximum atomic E-state index is 12.3. The summed E-state index contributed by atoms with van der Waals surface area (Å²) in [7, 11) is 0. The van der Waals surface area contributed by atoms with Gasteiger partial charge in [-0.3, -0.25) is 4.79 Å². The van der Waals surface area contributed by atoms with Crippen LogP contribution in [0.3, 0.4) is 0 Å². The summed E-state index contributed by atoms with van der Waals surface area (Å²) in [5.41, 5.74) is 0.846. The van der Waals surface area contributed by atoms with Gasteiger partial charge in [-0.05, 0) is 26.2 Å². The van der Waals surface area contributed by atoms with Gasteiger partial charge in [0.25, 0.3) is 5.91 Å². The maximum Gasteiger partial charge on any atom is 0.263 e. The molecule has 6 nitrogen and oxygen atoms in total. The number of carbonyl (C=O) groups is 1. The van der Waals surface area contributed by atoms with E-state index >= 15 is 0 Å².